The van der Waals surface area contributed by atoms with E-state index in [-0.39, 0.29) is 24.7 Å². The molecule has 202 valence electrons. The van der Waals surface area contributed by atoms with Gasteiger partial charge in [0, 0.05) is 6.42 Å². The van der Waals surface area contributed by atoms with Crippen molar-refractivity contribution < 1.29 is 40.7 Å². The summed E-state index contributed by atoms with van der Waals surface area (Å²) in [7, 11) is 0. The van der Waals surface area contributed by atoms with E-state index in [1.165, 1.54) is 20.8 Å². The van der Waals surface area contributed by atoms with Crippen molar-refractivity contribution in [1.29, 1.82) is 0 Å². The van der Waals surface area contributed by atoms with E-state index in [0.29, 0.717) is 17.7 Å². The van der Waals surface area contributed by atoms with Crippen molar-refractivity contribution in [3.05, 3.63) is 70.8 Å². The molecule has 1 saturated heterocycles. The average molecular weight is 531 g/mol. The van der Waals surface area contributed by atoms with Crippen molar-refractivity contribution in [2.24, 2.45) is 5.73 Å². The summed E-state index contributed by atoms with van der Waals surface area (Å²) < 4.78 is 85.5. The fourth-order valence-corrected chi connectivity index (χ4v) is 3.98. The summed E-state index contributed by atoms with van der Waals surface area (Å²) in [6.45, 7) is 3.96. The molecule has 0 aromatic heterocycles. The lowest BCUT2D eigenvalue weighted by atomic mass is 9.87. The van der Waals surface area contributed by atoms with E-state index in [9.17, 15) is 35.9 Å². The SMILES string of the molecule is C[C@@H](OC[C@@]1(c2ccccc2)C[C@H](NC(=O)C(C)(C)N)C(=O)N1)c1cc(C(F)(F)F)cc(C(F)(F)F)c1. The van der Waals surface area contributed by atoms with Gasteiger partial charge in [-0.3, -0.25) is 9.59 Å². The van der Waals surface area contributed by atoms with Gasteiger partial charge in [0.15, 0.2) is 0 Å². The highest BCUT2D eigenvalue weighted by atomic mass is 19.4. The van der Waals surface area contributed by atoms with Gasteiger partial charge in [0.2, 0.25) is 11.8 Å². The second-order valence-electron chi connectivity index (χ2n) is 9.68. The molecule has 3 rings (SSSR count). The van der Waals surface area contributed by atoms with Crippen LogP contribution in [0.3, 0.4) is 0 Å². The third-order valence-corrected chi connectivity index (χ3v) is 6.11. The smallest absolute Gasteiger partial charge is 0.371 e. The first kappa shape index (κ1) is 28.5. The Hall–Kier alpha value is -3.12. The second-order valence-corrected chi connectivity index (χ2v) is 9.68. The van der Waals surface area contributed by atoms with E-state index in [2.05, 4.69) is 10.6 Å². The quantitative estimate of drug-likeness (QED) is 0.461. The Labute approximate surface area is 209 Å². The highest BCUT2D eigenvalue weighted by Crippen LogP contribution is 2.39. The molecule has 1 aliphatic heterocycles. The minimum Gasteiger partial charge on any atom is -0.371 e. The fourth-order valence-electron chi connectivity index (χ4n) is 3.98. The Morgan fingerprint density at radius 2 is 1.62 bits per heavy atom. The van der Waals surface area contributed by atoms with Crippen LogP contribution in [0.2, 0.25) is 0 Å². The summed E-state index contributed by atoms with van der Waals surface area (Å²) in [5.74, 6) is -1.11. The van der Waals surface area contributed by atoms with E-state index in [4.69, 9.17) is 10.5 Å². The van der Waals surface area contributed by atoms with Crippen LogP contribution < -0.4 is 16.4 Å². The number of nitrogens with one attached hydrogen (secondary N) is 2. The molecule has 0 aliphatic carbocycles. The number of hydrogen-bond acceptors (Lipinski definition) is 4. The van der Waals surface area contributed by atoms with Crippen molar-refractivity contribution in [2.75, 3.05) is 6.61 Å². The predicted octanol–water partition coefficient (Wildman–Crippen LogP) is 4.44. The maximum absolute atomic E-state index is 13.3. The summed E-state index contributed by atoms with van der Waals surface area (Å²) >= 11 is 0. The van der Waals surface area contributed by atoms with Gasteiger partial charge in [0.1, 0.15) is 6.04 Å². The third-order valence-electron chi connectivity index (χ3n) is 6.11. The van der Waals surface area contributed by atoms with Crippen LogP contribution in [0.15, 0.2) is 48.5 Å². The van der Waals surface area contributed by atoms with Crippen molar-refractivity contribution >= 4 is 11.8 Å². The Kier molecular flexibility index (Phi) is 7.67. The monoisotopic (exact) mass is 531 g/mol. The zero-order valence-corrected chi connectivity index (χ0v) is 20.3. The van der Waals surface area contributed by atoms with Crippen molar-refractivity contribution in [3.63, 3.8) is 0 Å². The number of nitrogens with two attached hydrogens (primary N) is 1. The zero-order valence-electron chi connectivity index (χ0n) is 20.3. The predicted molar refractivity (Wildman–Crippen MR) is 122 cm³/mol. The molecule has 2 amide bonds. The molecule has 0 spiro atoms. The summed E-state index contributed by atoms with van der Waals surface area (Å²) in [6, 6.07) is 8.78. The van der Waals surface area contributed by atoms with Gasteiger partial charge in [-0.1, -0.05) is 30.3 Å². The van der Waals surface area contributed by atoms with Crippen molar-refractivity contribution in [3.8, 4) is 0 Å². The first-order chi connectivity index (χ1) is 16.9. The van der Waals surface area contributed by atoms with Crippen LogP contribution in [-0.2, 0) is 32.2 Å². The lowest BCUT2D eigenvalue weighted by Gasteiger charge is -2.31. The molecule has 1 heterocycles. The highest BCUT2D eigenvalue weighted by molar-refractivity contribution is 5.93. The molecule has 1 aliphatic rings. The second kappa shape index (κ2) is 9.97. The Balaban J connectivity index is 1.90. The molecule has 1 fully saturated rings. The molecule has 37 heavy (non-hydrogen) atoms. The lowest BCUT2D eigenvalue weighted by molar-refractivity contribution is -0.143. The van der Waals surface area contributed by atoms with Crippen LogP contribution in [0, 0.1) is 0 Å². The molecule has 0 radical (unpaired) electrons. The number of hydrogen-bond donors (Lipinski definition) is 3. The molecule has 0 bridgehead atoms. The molecule has 2 aromatic carbocycles. The van der Waals surface area contributed by atoms with Gasteiger partial charge in [-0.15, -0.1) is 0 Å². The molecule has 0 unspecified atom stereocenters. The average Bonchev–Trinajstić information content (AvgIpc) is 3.12. The largest absolute Gasteiger partial charge is 0.416 e. The summed E-state index contributed by atoms with van der Waals surface area (Å²) in [5.41, 5.74) is 0.679. The van der Waals surface area contributed by atoms with E-state index in [0.717, 1.165) is 0 Å². The molecule has 3 atom stereocenters. The molecular weight excluding hydrogens is 504 g/mol. The first-order valence-corrected chi connectivity index (χ1v) is 11.3. The van der Waals surface area contributed by atoms with Crippen LogP contribution in [0.4, 0.5) is 26.3 Å². The van der Waals surface area contributed by atoms with Gasteiger partial charge < -0.3 is 21.1 Å². The molecular formula is C25H27F6N3O3. The third kappa shape index (κ3) is 6.61. The molecule has 12 heteroatoms. The van der Waals surface area contributed by atoms with Gasteiger partial charge in [-0.25, -0.2) is 0 Å². The minimum absolute atomic E-state index is 0.0147. The molecule has 2 aromatic rings. The van der Waals surface area contributed by atoms with E-state index >= 15 is 0 Å². The standard InChI is InChI=1S/C25H27F6N3O3/c1-14(15-9-17(24(26,27)28)11-18(10-15)25(29,30)31)37-13-23(16-7-5-4-6-8-16)12-19(20(35)34-23)33-21(36)22(2,3)32/h4-11,14,19H,12-13,32H2,1-3H3,(H,33,36)(H,34,35)/t14-,19+,23-/m1/s1. The normalized spacial score (nSPS) is 21.5. The van der Waals surface area contributed by atoms with Crippen LogP contribution in [0.25, 0.3) is 0 Å². The maximum atomic E-state index is 13.3. The van der Waals surface area contributed by atoms with E-state index in [1.54, 1.807) is 30.3 Å². The van der Waals surface area contributed by atoms with Crippen molar-refractivity contribution in [1.82, 2.24) is 10.6 Å². The molecule has 4 N–H and O–H groups in total. The number of halogens is 6. The first-order valence-electron chi connectivity index (χ1n) is 11.3. The van der Waals surface area contributed by atoms with E-state index < -0.39 is 58.5 Å². The fraction of sp³-hybridized carbons (Fsp3) is 0.440. The number of carbonyl (C=O) groups is 2. The Morgan fingerprint density at radius 1 is 1.08 bits per heavy atom. The maximum Gasteiger partial charge on any atom is 0.416 e. The van der Waals surface area contributed by atoms with Crippen LogP contribution >= 0.6 is 0 Å². The van der Waals surface area contributed by atoms with Gasteiger partial charge >= 0.3 is 12.4 Å². The summed E-state index contributed by atoms with van der Waals surface area (Å²) in [5, 5.41) is 5.37. The zero-order chi connectivity index (χ0) is 27.8. The van der Waals surface area contributed by atoms with Crippen molar-refractivity contribution in [2.45, 2.75) is 62.8 Å². The number of ether oxygens (including phenoxy) is 1. The van der Waals surface area contributed by atoms with Gasteiger partial charge in [-0.2, -0.15) is 26.3 Å². The number of benzene rings is 2. The van der Waals surface area contributed by atoms with Crippen LogP contribution in [0.1, 0.15) is 55.5 Å². The van der Waals surface area contributed by atoms with Gasteiger partial charge in [-0.05, 0) is 50.1 Å². The molecule has 6 nitrogen and oxygen atoms in total. The van der Waals surface area contributed by atoms with Gasteiger partial charge in [0.05, 0.1) is 34.9 Å². The van der Waals surface area contributed by atoms with Crippen LogP contribution in [0.5, 0.6) is 0 Å². The van der Waals surface area contributed by atoms with Crippen LogP contribution in [-0.4, -0.2) is 30.0 Å². The Bertz CT molecular complexity index is 1110. The number of amides is 2. The topological polar surface area (TPSA) is 93.4 Å². The highest BCUT2D eigenvalue weighted by Gasteiger charge is 2.47. The minimum atomic E-state index is -5.00. The lowest BCUT2D eigenvalue weighted by Crippen LogP contribution is -2.53. The van der Waals surface area contributed by atoms with Gasteiger partial charge in [0.25, 0.3) is 0 Å². The number of alkyl halides is 6. The van der Waals surface area contributed by atoms with E-state index in [1.807, 2.05) is 0 Å². The number of rotatable bonds is 7. The molecule has 0 saturated carbocycles. The Morgan fingerprint density at radius 3 is 2.11 bits per heavy atom. The summed E-state index contributed by atoms with van der Waals surface area (Å²) in [4.78, 5) is 25.1. The number of carbonyl (C=O) groups excluding carboxylic acids is 2. The summed E-state index contributed by atoms with van der Waals surface area (Å²) in [6.07, 6.45) is -11.2.